The van der Waals surface area contributed by atoms with Crippen LogP contribution in [0.1, 0.15) is 10.4 Å². The molecule has 0 atom stereocenters. The van der Waals surface area contributed by atoms with Crippen LogP contribution in [-0.4, -0.2) is 35.3 Å². The molecule has 1 N–H and O–H groups in total. The van der Waals surface area contributed by atoms with E-state index in [4.69, 9.17) is 19.3 Å². The van der Waals surface area contributed by atoms with Crippen molar-refractivity contribution in [3.63, 3.8) is 0 Å². The van der Waals surface area contributed by atoms with E-state index >= 15 is 0 Å². The van der Waals surface area contributed by atoms with Crippen LogP contribution in [0.25, 0.3) is 0 Å². The fourth-order valence-electron chi connectivity index (χ4n) is 1.51. The molecule has 0 amide bonds. The number of nitrogens with zero attached hydrogens (tertiary/aromatic N) is 2. The summed E-state index contributed by atoms with van der Waals surface area (Å²) in [5, 5.41) is 8.94. The molecule has 0 unspecified atom stereocenters. The standard InChI is InChI=1S/C13H11BrN2O5/c1-19-10-5-7(12(17)18)3-4-9(10)21-13-15-6-8(14)11(16-13)20-2/h3-6H,1-2H3,(H,17,18). The first kappa shape index (κ1) is 15.0. The maximum absolute atomic E-state index is 10.9. The molecule has 21 heavy (non-hydrogen) atoms. The molecule has 0 bridgehead atoms. The smallest absolute Gasteiger partial charge is 0.335 e. The van der Waals surface area contributed by atoms with Crippen molar-refractivity contribution in [3.8, 4) is 23.4 Å². The summed E-state index contributed by atoms with van der Waals surface area (Å²) in [5.74, 6) is -0.171. The van der Waals surface area contributed by atoms with Crippen LogP contribution in [0, 0.1) is 0 Å². The average molecular weight is 355 g/mol. The quantitative estimate of drug-likeness (QED) is 0.882. The zero-order chi connectivity index (χ0) is 15.4. The molecule has 0 aliphatic heterocycles. The largest absolute Gasteiger partial charge is 0.493 e. The molecule has 7 nitrogen and oxygen atoms in total. The second kappa shape index (κ2) is 6.40. The monoisotopic (exact) mass is 354 g/mol. The number of hydrogen-bond donors (Lipinski definition) is 1. The van der Waals surface area contributed by atoms with E-state index in [0.717, 1.165) is 0 Å². The van der Waals surface area contributed by atoms with Gasteiger partial charge in [0.1, 0.15) is 0 Å². The van der Waals surface area contributed by atoms with Crippen molar-refractivity contribution in [3.05, 3.63) is 34.4 Å². The topological polar surface area (TPSA) is 90.8 Å². The number of carboxylic acid groups (broad SMARTS) is 1. The third-order valence-corrected chi connectivity index (χ3v) is 3.04. The lowest BCUT2D eigenvalue weighted by atomic mass is 10.2. The highest BCUT2D eigenvalue weighted by Crippen LogP contribution is 2.32. The molecule has 0 aliphatic carbocycles. The summed E-state index contributed by atoms with van der Waals surface area (Å²) in [6, 6.07) is 4.28. The number of carboxylic acids is 1. The highest BCUT2D eigenvalue weighted by atomic mass is 79.9. The van der Waals surface area contributed by atoms with Crippen molar-refractivity contribution in [1.29, 1.82) is 0 Å². The van der Waals surface area contributed by atoms with Gasteiger partial charge in [-0.1, -0.05) is 0 Å². The predicted molar refractivity (Wildman–Crippen MR) is 76.3 cm³/mol. The van der Waals surface area contributed by atoms with E-state index in [-0.39, 0.29) is 17.3 Å². The number of aromatic nitrogens is 2. The summed E-state index contributed by atoms with van der Waals surface area (Å²) in [6.45, 7) is 0. The summed E-state index contributed by atoms with van der Waals surface area (Å²) in [4.78, 5) is 18.9. The molecule has 1 heterocycles. The Bertz CT molecular complexity index is 678. The lowest BCUT2D eigenvalue weighted by Crippen LogP contribution is -2.00. The van der Waals surface area contributed by atoms with E-state index < -0.39 is 5.97 Å². The highest BCUT2D eigenvalue weighted by molar-refractivity contribution is 9.10. The summed E-state index contributed by atoms with van der Waals surface area (Å²) in [6.07, 6.45) is 1.49. The summed E-state index contributed by atoms with van der Waals surface area (Å²) in [7, 11) is 2.88. The lowest BCUT2D eigenvalue weighted by Gasteiger charge is -2.10. The third kappa shape index (κ3) is 3.40. The Kier molecular flexibility index (Phi) is 4.59. The SMILES string of the molecule is COc1cc(C(=O)O)ccc1Oc1ncc(Br)c(OC)n1. The van der Waals surface area contributed by atoms with E-state index in [2.05, 4.69) is 25.9 Å². The van der Waals surface area contributed by atoms with Gasteiger partial charge in [-0.3, -0.25) is 0 Å². The highest BCUT2D eigenvalue weighted by Gasteiger charge is 2.13. The van der Waals surface area contributed by atoms with E-state index in [1.807, 2.05) is 0 Å². The molecule has 0 saturated heterocycles. The van der Waals surface area contributed by atoms with Crippen LogP contribution < -0.4 is 14.2 Å². The Hall–Kier alpha value is -2.35. The van der Waals surface area contributed by atoms with Crippen LogP contribution >= 0.6 is 15.9 Å². The van der Waals surface area contributed by atoms with E-state index in [0.29, 0.717) is 16.1 Å². The molecular formula is C13H11BrN2O5. The molecular weight excluding hydrogens is 344 g/mol. The van der Waals surface area contributed by atoms with Gasteiger partial charge >= 0.3 is 12.0 Å². The van der Waals surface area contributed by atoms with Crippen LogP contribution in [0.15, 0.2) is 28.9 Å². The van der Waals surface area contributed by atoms with Crippen molar-refractivity contribution in [2.45, 2.75) is 0 Å². The molecule has 8 heteroatoms. The van der Waals surface area contributed by atoms with Crippen LogP contribution in [0.5, 0.6) is 23.4 Å². The Morgan fingerprint density at radius 3 is 2.62 bits per heavy atom. The molecule has 0 aliphatic rings. The molecule has 2 rings (SSSR count). The van der Waals surface area contributed by atoms with E-state index in [1.165, 1.54) is 38.6 Å². The second-order valence-corrected chi connectivity index (χ2v) is 4.64. The fourth-order valence-corrected chi connectivity index (χ4v) is 1.86. The number of carbonyl (C=O) groups is 1. The minimum atomic E-state index is -1.05. The average Bonchev–Trinajstić information content (AvgIpc) is 2.49. The van der Waals surface area contributed by atoms with Crippen LogP contribution in [0.4, 0.5) is 0 Å². The summed E-state index contributed by atoms with van der Waals surface area (Å²) >= 11 is 3.23. The van der Waals surface area contributed by atoms with Gasteiger partial charge in [0.2, 0.25) is 5.88 Å². The van der Waals surface area contributed by atoms with Crippen molar-refractivity contribution >= 4 is 21.9 Å². The lowest BCUT2D eigenvalue weighted by molar-refractivity contribution is 0.0696. The first-order valence-electron chi connectivity index (χ1n) is 5.71. The fraction of sp³-hybridized carbons (Fsp3) is 0.154. The van der Waals surface area contributed by atoms with Gasteiger partial charge in [-0.25, -0.2) is 9.78 Å². The number of hydrogen-bond acceptors (Lipinski definition) is 6. The van der Waals surface area contributed by atoms with Crippen LogP contribution in [-0.2, 0) is 0 Å². The van der Waals surface area contributed by atoms with Crippen molar-refractivity contribution in [1.82, 2.24) is 9.97 Å². The van der Waals surface area contributed by atoms with Gasteiger partial charge in [-0.05, 0) is 34.1 Å². The normalized spacial score (nSPS) is 10.0. The molecule has 0 radical (unpaired) electrons. The van der Waals surface area contributed by atoms with Gasteiger partial charge in [0.05, 0.1) is 30.5 Å². The number of halogens is 1. The van der Waals surface area contributed by atoms with Gasteiger partial charge in [0.15, 0.2) is 11.5 Å². The van der Waals surface area contributed by atoms with Crippen molar-refractivity contribution in [2.24, 2.45) is 0 Å². The maximum Gasteiger partial charge on any atom is 0.335 e. The minimum Gasteiger partial charge on any atom is -0.493 e. The Morgan fingerprint density at radius 2 is 2.00 bits per heavy atom. The zero-order valence-electron chi connectivity index (χ0n) is 11.2. The van der Waals surface area contributed by atoms with Crippen molar-refractivity contribution < 1.29 is 24.1 Å². The van der Waals surface area contributed by atoms with Gasteiger partial charge in [-0.15, -0.1) is 0 Å². The second-order valence-electron chi connectivity index (χ2n) is 3.78. The van der Waals surface area contributed by atoms with E-state index in [9.17, 15) is 4.79 Å². The van der Waals surface area contributed by atoms with Gasteiger partial charge in [0.25, 0.3) is 0 Å². The number of benzene rings is 1. The first-order valence-corrected chi connectivity index (χ1v) is 6.50. The number of aromatic carboxylic acids is 1. The van der Waals surface area contributed by atoms with E-state index in [1.54, 1.807) is 0 Å². The van der Waals surface area contributed by atoms with Crippen molar-refractivity contribution in [2.75, 3.05) is 14.2 Å². The third-order valence-electron chi connectivity index (χ3n) is 2.50. The summed E-state index contributed by atoms with van der Waals surface area (Å²) in [5.41, 5.74) is 0.0912. The summed E-state index contributed by atoms with van der Waals surface area (Å²) < 4.78 is 16.2. The van der Waals surface area contributed by atoms with Crippen LogP contribution in [0.2, 0.25) is 0 Å². The zero-order valence-corrected chi connectivity index (χ0v) is 12.7. The first-order chi connectivity index (χ1) is 10.0. The molecule has 0 saturated carbocycles. The number of ether oxygens (including phenoxy) is 3. The number of methoxy groups -OCH3 is 2. The predicted octanol–water partition coefficient (Wildman–Crippen LogP) is 2.75. The molecule has 0 spiro atoms. The molecule has 1 aromatic heterocycles. The number of rotatable bonds is 5. The molecule has 110 valence electrons. The van der Waals surface area contributed by atoms with Gasteiger partial charge in [-0.2, -0.15) is 4.98 Å². The Morgan fingerprint density at radius 1 is 1.24 bits per heavy atom. The Labute approximate surface area is 128 Å². The minimum absolute atomic E-state index is 0.0522. The maximum atomic E-state index is 10.9. The molecule has 2 aromatic rings. The van der Waals surface area contributed by atoms with Gasteiger partial charge in [0, 0.05) is 0 Å². The molecule has 0 fully saturated rings. The Balaban J connectivity index is 2.33. The van der Waals surface area contributed by atoms with Crippen LogP contribution in [0.3, 0.4) is 0 Å². The molecule has 1 aromatic carbocycles. The van der Waals surface area contributed by atoms with Gasteiger partial charge < -0.3 is 19.3 Å².